The van der Waals surface area contributed by atoms with Crippen LogP contribution in [0.2, 0.25) is 0 Å². The minimum Gasteiger partial charge on any atom is -0.497 e. The number of carbonyl (C=O) groups is 2. The van der Waals surface area contributed by atoms with Gasteiger partial charge < -0.3 is 14.7 Å². The average molecular weight is 441 g/mol. The van der Waals surface area contributed by atoms with E-state index in [9.17, 15) is 18.0 Å². The van der Waals surface area contributed by atoms with Crippen molar-refractivity contribution < 1.29 is 27.9 Å². The molecule has 0 aromatic heterocycles. The van der Waals surface area contributed by atoms with E-state index in [1.807, 2.05) is 29.2 Å². The number of amidine groups is 1. The Morgan fingerprint density at radius 3 is 2.62 bits per heavy atom. The first kappa shape index (κ1) is 21.6. The molecule has 2 unspecified atom stereocenters. The first-order valence-corrected chi connectivity index (χ1v) is 12.1. The second kappa shape index (κ2) is 9.17. The molecule has 0 bridgehead atoms. The van der Waals surface area contributed by atoms with Crippen LogP contribution in [0.3, 0.4) is 0 Å². The van der Waals surface area contributed by atoms with Crippen molar-refractivity contribution in [2.75, 3.05) is 25.2 Å². The largest absolute Gasteiger partial charge is 0.497 e. The van der Waals surface area contributed by atoms with Crippen LogP contribution in [0.5, 0.6) is 5.75 Å². The van der Waals surface area contributed by atoms with Gasteiger partial charge in [-0.1, -0.05) is 23.9 Å². The summed E-state index contributed by atoms with van der Waals surface area (Å²) in [6, 6.07) is 7.47. The van der Waals surface area contributed by atoms with Crippen LogP contribution in [-0.2, 0) is 25.8 Å². The molecule has 2 fully saturated rings. The fourth-order valence-electron chi connectivity index (χ4n) is 3.49. The molecule has 2 atom stereocenters. The Balaban J connectivity index is 1.70. The lowest BCUT2D eigenvalue weighted by molar-refractivity contribution is -0.137. The first-order valence-electron chi connectivity index (χ1n) is 9.37. The number of rotatable bonds is 8. The molecule has 0 spiro atoms. The number of fused-ring (bicyclic) bond motifs is 1. The lowest BCUT2D eigenvalue weighted by Crippen LogP contribution is -2.39. The molecular weight excluding hydrogens is 416 g/mol. The van der Waals surface area contributed by atoms with Crippen LogP contribution in [0.1, 0.15) is 24.8 Å². The van der Waals surface area contributed by atoms with E-state index in [1.165, 1.54) is 11.8 Å². The van der Waals surface area contributed by atoms with E-state index in [4.69, 9.17) is 9.84 Å². The summed E-state index contributed by atoms with van der Waals surface area (Å²) >= 11 is 1.34. The van der Waals surface area contributed by atoms with Crippen molar-refractivity contribution in [1.29, 1.82) is 0 Å². The van der Waals surface area contributed by atoms with E-state index in [0.717, 1.165) is 11.3 Å². The number of ether oxygens (including phenoxy) is 1. The van der Waals surface area contributed by atoms with E-state index in [-0.39, 0.29) is 48.0 Å². The zero-order valence-corrected chi connectivity index (χ0v) is 17.7. The third-order valence-corrected chi connectivity index (χ3v) is 8.22. The summed E-state index contributed by atoms with van der Waals surface area (Å²) in [4.78, 5) is 28.9. The molecule has 29 heavy (non-hydrogen) atoms. The van der Waals surface area contributed by atoms with Gasteiger partial charge in [-0.05, 0) is 30.5 Å². The van der Waals surface area contributed by atoms with Gasteiger partial charge in [0, 0.05) is 24.6 Å². The van der Waals surface area contributed by atoms with Gasteiger partial charge in [-0.3, -0.25) is 9.59 Å². The van der Waals surface area contributed by atoms with Gasteiger partial charge in [0.25, 0.3) is 0 Å². The molecule has 0 saturated carbocycles. The van der Waals surface area contributed by atoms with Gasteiger partial charge in [0.15, 0.2) is 15.0 Å². The fraction of sp³-hybridized carbons (Fsp3) is 0.526. The Morgan fingerprint density at radius 1 is 1.24 bits per heavy atom. The van der Waals surface area contributed by atoms with Gasteiger partial charge in [-0.25, -0.2) is 8.42 Å². The summed E-state index contributed by atoms with van der Waals surface area (Å²) in [6.45, 7) is 0.553. The lowest BCUT2D eigenvalue weighted by atomic mass is 10.1. The highest BCUT2D eigenvalue weighted by atomic mass is 32.2. The van der Waals surface area contributed by atoms with E-state index in [1.54, 1.807) is 7.11 Å². The van der Waals surface area contributed by atoms with E-state index in [2.05, 4.69) is 4.99 Å². The van der Waals surface area contributed by atoms with Crippen LogP contribution in [0.25, 0.3) is 0 Å². The smallest absolute Gasteiger partial charge is 0.303 e. The number of methoxy groups -OCH3 is 1. The molecule has 2 aliphatic rings. The minimum atomic E-state index is -3.09. The zero-order valence-electron chi connectivity index (χ0n) is 16.1. The first-order chi connectivity index (χ1) is 13.8. The van der Waals surface area contributed by atoms with Crippen LogP contribution in [0, 0.1) is 0 Å². The Morgan fingerprint density at radius 2 is 1.97 bits per heavy atom. The van der Waals surface area contributed by atoms with Gasteiger partial charge >= 0.3 is 5.97 Å². The predicted molar refractivity (Wildman–Crippen MR) is 111 cm³/mol. The molecule has 1 aromatic rings. The van der Waals surface area contributed by atoms with Gasteiger partial charge in [0.05, 0.1) is 24.7 Å². The maximum absolute atomic E-state index is 12.2. The van der Waals surface area contributed by atoms with Gasteiger partial charge in [-0.2, -0.15) is 4.99 Å². The number of aliphatic carboxylic acids is 1. The number of hydrogen-bond donors (Lipinski definition) is 1. The van der Waals surface area contributed by atoms with Gasteiger partial charge in [0.2, 0.25) is 5.91 Å². The quantitative estimate of drug-likeness (QED) is 0.648. The molecular formula is C19H24N2O6S2. The molecule has 158 valence electrons. The number of nitrogens with zero attached hydrogens (tertiary/aromatic N) is 2. The van der Waals surface area contributed by atoms with Gasteiger partial charge in [-0.15, -0.1) is 0 Å². The Labute approximate surface area is 174 Å². The topological polar surface area (TPSA) is 113 Å². The number of hydrogen-bond acceptors (Lipinski definition) is 6. The maximum Gasteiger partial charge on any atom is 0.303 e. The van der Waals surface area contributed by atoms with Crippen molar-refractivity contribution in [1.82, 2.24) is 4.90 Å². The zero-order chi connectivity index (χ0) is 21.0. The van der Waals surface area contributed by atoms with E-state index in [0.29, 0.717) is 18.1 Å². The summed E-state index contributed by atoms with van der Waals surface area (Å²) in [6.07, 6.45) is 0.910. The van der Waals surface area contributed by atoms with Crippen LogP contribution in [0.15, 0.2) is 29.3 Å². The standard InChI is InChI=1S/C19H24N2O6S2/c1-27-14-7-5-13(6-8-14)9-10-21-15-11-29(25,26)12-16(15)28-19(21)20-17(22)3-2-4-18(23)24/h5-8,15-16H,2-4,9-12H2,1H3,(H,23,24). The molecule has 1 amide bonds. The van der Waals surface area contributed by atoms with Crippen molar-refractivity contribution in [3.05, 3.63) is 29.8 Å². The Hall–Kier alpha value is -2.07. The molecule has 2 saturated heterocycles. The van der Waals surface area contributed by atoms with Gasteiger partial charge in [0.1, 0.15) is 5.75 Å². The molecule has 1 aromatic carbocycles. The molecule has 0 radical (unpaired) electrons. The fourth-order valence-corrected chi connectivity index (χ4v) is 7.49. The monoisotopic (exact) mass is 440 g/mol. The number of sulfone groups is 1. The Kier molecular flexibility index (Phi) is 6.84. The summed E-state index contributed by atoms with van der Waals surface area (Å²) in [5.74, 6) is -0.387. The average Bonchev–Trinajstić information content (AvgIpc) is 3.11. The van der Waals surface area contributed by atoms with Crippen LogP contribution < -0.4 is 4.74 Å². The second-order valence-corrected chi connectivity index (χ2v) is 10.5. The SMILES string of the molecule is COc1ccc(CCN2C(=NC(=O)CCCC(=O)O)SC3CS(=O)(=O)CC32)cc1. The number of thioether (sulfide) groups is 1. The Bertz CT molecular complexity index is 898. The third-order valence-electron chi connectivity index (χ3n) is 4.98. The van der Waals surface area contributed by atoms with E-state index >= 15 is 0 Å². The number of benzene rings is 1. The summed E-state index contributed by atoms with van der Waals surface area (Å²) in [5.41, 5.74) is 1.08. The highest BCUT2D eigenvalue weighted by Crippen LogP contribution is 2.38. The summed E-state index contributed by atoms with van der Waals surface area (Å²) in [7, 11) is -1.49. The highest BCUT2D eigenvalue weighted by molar-refractivity contribution is 8.15. The molecule has 2 heterocycles. The minimum absolute atomic E-state index is 0.0658. The molecule has 0 aliphatic carbocycles. The normalized spacial score (nSPS) is 23.9. The number of aliphatic imine (C=N–C) groups is 1. The van der Waals surface area contributed by atoms with E-state index < -0.39 is 15.8 Å². The van der Waals surface area contributed by atoms with Crippen LogP contribution in [0.4, 0.5) is 0 Å². The molecule has 10 heteroatoms. The number of amides is 1. The molecule has 1 N–H and O–H groups in total. The van der Waals surface area contributed by atoms with Crippen LogP contribution >= 0.6 is 11.8 Å². The maximum atomic E-state index is 12.2. The van der Waals surface area contributed by atoms with Crippen molar-refractivity contribution in [3.63, 3.8) is 0 Å². The highest BCUT2D eigenvalue weighted by Gasteiger charge is 2.48. The van der Waals surface area contributed by atoms with Crippen molar-refractivity contribution >= 4 is 38.6 Å². The molecule has 3 rings (SSSR count). The van der Waals surface area contributed by atoms with Crippen molar-refractivity contribution in [3.8, 4) is 5.75 Å². The summed E-state index contributed by atoms with van der Waals surface area (Å²) in [5, 5.41) is 9.12. The molecule has 2 aliphatic heterocycles. The van der Waals surface area contributed by atoms with Crippen molar-refractivity contribution in [2.24, 2.45) is 4.99 Å². The number of carboxylic acid groups (broad SMARTS) is 1. The molecule has 8 nitrogen and oxygen atoms in total. The third kappa shape index (κ3) is 5.72. The number of carbonyl (C=O) groups excluding carboxylic acids is 1. The van der Waals surface area contributed by atoms with Crippen LogP contribution in [-0.4, -0.2) is 71.9 Å². The summed E-state index contributed by atoms with van der Waals surface area (Å²) < 4.78 is 29.3. The lowest BCUT2D eigenvalue weighted by Gasteiger charge is -2.24. The van der Waals surface area contributed by atoms with Crippen molar-refractivity contribution in [2.45, 2.75) is 37.0 Å². The number of carboxylic acids is 1. The predicted octanol–water partition coefficient (Wildman–Crippen LogP) is 1.59. The second-order valence-electron chi connectivity index (χ2n) is 7.13.